The molecule has 0 saturated heterocycles. The Kier molecular flexibility index (Phi) is 6.40. The summed E-state index contributed by atoms with van der Waals surface area (Å²) in [6.07, 6.45) is 7.52. The van der Waals surface area contributed by atoms with Crippen molar-refractivity contribution in [2.24, 2.45) is 11.8 Å². The number of alkyl halides is 1. The van der Waals surface area contributed by atoms with Crippen molar-refractivity contribution in [2.75, 3.05) is 26.2 Å². The molecule has 9 heteroatoms. The number of benzene rings is 1. The Hall–Kier alpha value is -3.49. The first-order valence-corrected chi connectivity index (χ1v) is 12.0. The molecule has 4 atom stereocenters. The number of fused-ring (bicyclic) bond motifs is 2. The molecule has 35 heavy (non-hydrogen) atoms. The molecule has 2 aliphatic carbocycles. The lowest BCUT2D eigenvalue weighted by molar-refractivity contribution is 0.0656. The maximum Gasteiger partial charge on any atom is 0.256 e. The first-order valence-electron chi connectivity index (χ1n) is 12.0. The third-order valence-corrected chi connectivity index (χ3v) is 7.43. The molecule has 5 rings (SSSR count). The van der Waals surface area contributed by atoms with Crippen LogP contribution in [0.1, 0.15) is 32.1 Å². The number of aromatic nitrogens is 4. The van der Waals surface area contributed by atoms with Gasteiger partial charge in [-0.05, 0) is 54.9 Å². The fourth-order valence-electron chi connectivity index (χ4n) is 5.51. The molecule has 0 spiro atoms. The van der Waals surface area contributed by atoms with Crippen LogP contribution in [0.3, 0.4) is 0 Å². The number of pyridine rings is 1. The van der Waals surface area contributed by atoms with Crippen molar-refractivity contribution in [1.29, 1.82) is 0 Å². The summed E-state index contributed by atoms with van der Waals surface area (Å²) >= 11 is 0. The van der Waals surface area contributed by atoms with Crippen molar-refractivity contribution in [3.05, 3.63) is 36.7 Å². The Labute approximate surface area is 204 Å². The molecular formula is C26H30FN5O3. The number of halogens is 1. The lowest BCUT2D eigenvalue weighted by Crippen LogP contribution is -2.49. The smallest absolute Gasteiger partial charge is 0.256 e. The molecule has 3 aromatic rings. The summed E-state index contributed by atoms with van der Waals surface area (Å²) in [5.41, 5.74) is 1.97. The van der Waals surface area contributed by atoms with E-state index >= 15 is 4.39 Å². The second-order valence-electron chi connectivity index (χ2n) is 9.46. The third kappa shape index (κ3) is 4.47. The van der Waals surface area contributed by atoms with Crippen molar-refractivity contribution >= 4 is 5.82 Å². The highest BCUT2D eigenvalue weighted by atomic mass is 19.1. The number of hydrogen-bond acceptors (Lipinski definition) is 8. The SMILES string of the molecule is COc1cc(-c2ccc(-c3ncc(N(C)[C@@H]4C[C@H]5CCC[C@H](C5)[C@@H]4F)nn3)c(O)c2)cnc1OC. The second kappa shape index (κ2) is 9.64. The zero-order chi connectivity index (χ0) is 24.5. The minimum Gasteiger partial charge on any atom is -0.507 e. The molecular weight excluding hydrogens is 449 g/mol. The van der Waals surface area contributed by atoms with Gasteiger partial charge in [0.1, 0.15) is 11.9 Å². The number of phenolic OH excluding ortho intramolecular Hbond substituents is 1. The lowest BCUT2D eigenvalue weighted by Gasteiger charge is -2.45. The summed E-state index contributed by atoms with van der Waals surface area (Å²) in [5.74, 6) is 2.47. The summed E-state index contributed by atoms with van der Waals surface area (Å²) in [4.78, 5) is 10.6. The van der Waals surface area contributed by atoms with Gasteiger partial charge in [-0.3, -0.25) is 0 Å². The van der Waals surface area contributed by atoms with Gasteiger partial charge in [0.15, 0.2) is 17.4 Å². The predicted molar refractivity (Wildman–Crippen MR) is 130 cm³/mol. The minimum atomic E-state index is -0.860. The number of nitrogens with zero attached hydrogens (tertiary/aromatic N) is 5. The van der Waals surface area contributed by atoms with Crippen LogP contribution in [-0.4, -0.2) is 58.8 Å². The normalized spacial score (nSPS) is 23.5. The number of ether oxygens (including phenoxy) is 2. The average molecular weight is 480 g/mol. The van der Waals surface area contributed by atoms with E-state index in [-0.39, 0.29) is 17.7 Å². The van der Waals surface area contributed by atoms with Crippen LogP contribution in [0, 0.1) is 11.8 Å². The van der Waals surface area contributed by atoms with Crippen molar-refractivity contribution in [3.8, 4) is 39.9 Å². The zero-order valence-electron chi connectivity index (χ0n) is 20.2. The quantitative estimate of drug-likeness (QED) is 0.545. The zero-order valence-corrected chi connectivity index (χ0v) is 20.2. The van der Waals surface area contributed by atoms with Crippen LogP contribution in [0.2, 0.25) is 0 Å². The van der Waals surface area contributed by atoms with Gasteiger partial charge in [-0.1, -0.05) is 18.9 Å². The van der Waals surface area contributed by atoms with Crippen LogP contribution in [0.15, 0.2) is 36.7 Å². The van der Waals surface area contributed by atoms with Gasteiger partial charge in [0, 0.05) is 18.8 Å². The Morgan fingerprint density at radius 1 is 1.00 bits per heavy atom. The van der Waals surface area contributed by atoms with Crippen molar-refractivity contribution in [2.45, 2.75) is 44.3 Å². The molecule has 2 aromatic heterocycles. The first-order chi connectivity index (χ1) is 17.0. The lowest BCUT2D eigenvalue weighted by atomic mass is 9.69. The van der Waals surface area contributed by atoms with E-state index in [2.05, 4.69) is 20.2 Å². The van der Waals surface area contributed by atoms with E-state index in [4.69, 9.17) is 9.47 Å². The Morgan fingerprint density at radius 3 is 2.57 bits per heavy atom. The van der Waals surface area contributed by atoms with E-state index in [1.165, 1.54) is 13.5 Å². The van der Waals surface area contributed by atoms with E-state index in [1.807, 2.05) is 18.0 Å². The van der Waals surface area contributed by atoms with E-state index in [1.54, 1.807) is 37.7 Å². The highest BCUT2D eigenvalue weighted by Crippen LogP contribution is 2.43. The molecule has 1 N–H and O–H groups in total. The Morgan fingerprint density at radius 2 is 1.86 bits per heavy atom. The molecule has 184 valence electrons. The maximum atomic E-state index is 15.2. The molecule has 2 heterocycles. The van der Waals surface area contributed by atoms with Gasteiger partial charge in [-0.2, -0.15) is 0 Å². The largest absolute Gasteiger partial charge is 0.507 e. The topological polar surface area (TPSA) is 93.5 Å². The van der Waals surface area contributed by atoms with Crippen LogP contribution in [0.25, 0.3) is 22.5 Å². The molecule has 0 amide bonds. The van der Waals surface area contributed by atoms with E-state index in [0.29, 0.717) is 34.8 Å². The molecule has 8 nitrogen and oxygen atoms in total. The van der Waals surface area contributed by atoms with Gasteiger partial charge >= 0.3 is 0 Å². The average Bonchev–Trinajstić information content (AvgIpc) is 2.90. The summed E-state index contributed by atoms with van der Waals surface area (Å²) in [5, 5.41) is 19.3. The molecule has 1 aromatic carbocycles. The standard InChI is InChI=1S/C26H30FN5O3/c1-32(20-10-15-5-4-6-17(9-15)24(20)27)23-14-28-25(31-30-23)19-8-7-16(11-21(19)33)18-12-22(34-2)26(35-3)29-13-18/h7-8,11-15,17,20,24,33H,4-6,9-10H2,1-3H3/t15-,17+,20+,24-/m0/s1. The molecule has 2 bridgehead atoms. The number of hydrogen-bond donors (Lipinski definition) is 1. The minimum absolute atomic E-state index is 0.0177. The summed E-state index contributed by atoms with van der Waals surface area (Å²) in [7, 11) is 4.94. The highest BCUT2D eigenvalue weighted by Gasteiger charge is 2.42. The summed E-state index contributed by atoms with van der Waals surface area (Å²) in [6, 6.07) is 6.79. The predicted octanol–water partition coefficient (Wildman–Crippen LogP) is 4.68. The monoisotopic (exact) mass is 479 g/mol. The van der Waals surface area contributed by atoms with Gasteiger partial charge in [-0.25, -0.2) is 14.4 Å². The number of phenols is 1. The number of methoxy groups -OCH3 is 2. The van der Waals surface area contributed by atoms with E-state index in [0.717, 1.165) is 36.8 Å². The van der Waals surface area contributed by atoms with Crippen LogP contribution < -0.4 is 14.4 Å². The maximum absolute atomic E-state index is 15.2. The fourth-order valence-corrected chi connectivity index (χ4v) is 5.51. The molecule has 0 radical (unpaired) electrons. The third-order valence-electron chi connectivity index (χ3n) is 7.43. The van der Waals surface area contributed by atoms with Crippen LogP contribution >= 0.6 is 0 Å². The first kappa shape index (κ1) is 23.3. The van der Waals surface area contributed by atoms with E-state index in [9.17, 15) is 5.11 Å². The summed E-state index contributed by atoms with van der Waals surface area (Å²) in [6.45, 7) is 0. The second-order valence-corrected chi connectivity index (χ2v) is 9.46. The van der Waals surface area contributed by atoms with Crippen molar-refractivity contribution in [1.82, 2.24) is 20.2 Å². The van der Waals surface area contributed by atoms with Gasteiger partial charge in [0.25, 0.3) is 5.88 Å². The fraction of sp³-hybridized carbons (Fsp3) is 0.462. The van der Waals surface area contributed by atoms with Crippen LogP contribution in [0.5, 0.6) is 17.4 Å². The number of aromatic hydroxyl groups is 1. The van der Waals surface area contributed by atoms with E-state index < -0.39 is 6.17 Å². The molecule has 0 unspecified atom stereocenters. The van der Waals surface area contributed by atoms with Crippen molar-refractivity contribution < 1.29 is 19.0 Å². The van der Waals surface area contributed by atoms with Gasteiger partial charge < -0.3 is 19.5 Å². The van der Waals surface area contributed by atoms with Crippen LogP contribution in [-0.2, 0) is 0 Å². The van der Waals surface area contributed by atoms with Crippen LogP contribution in [0.4, 0.5) is 10.2 Å². The summed E-state index contributed by atoms with van der Waals surface area (Å²) < 4.78 is 25.7. The number of anilines is 1. The Bertz CT molecular complexity index is 1190. The molecule has 2 fully saturated rings. The Balaban J connectivity index is 1.35. The van der Waals surface area contributed by atoms with Gasteiger partial charge in [0.05, 0.1) is 32.0 Å². The highest BCUT2D eigenvalue weighted by molar-refractivity contribution is 5.73. The molecule has 2 aliphatic rings. The molecule has 0 aliphatic heterocycles. The molecule has 2 saturated carbocycles. The van der Waals surface area contributed by atoms with Crippen molar-refractivity contribution in [3.63, 3.8) is 0 Å². The van der Waals surface area contributed by atoms with Gasteiger partial charge in [-0.15, -0.1) is 10.2 Å². The van der Waals surface area contributed by atoms with Gasteiger partial charge in [0.2, 0.25) is 0 Å². The number of rotatable bonds is 6.